The molecule has 6 nitrogen and oxygen atoms in total. The summed E-state index contributed by atoms with van der Waals surface area (Å²) in [6.07, 6.45) is 3.77. The fraction of sp³-hybridized carbons (Fsp3) is 0.440. The zero-order valence-electron chi connectivity index (χ0n) is 18.5. The van der Waals surface area contributed by atoms with Crippen molar-refractivity contribution in [2.75, 3.05) is 27.4 Å². The minimum Gasteiger partial charge on any atom is -0.493 e. The molecule has 1 aliphatic carbocycles. The zero-order chi connectivity index (χ0) is 22.7. The first-order chi connectivity index (χ1) is 15.5. The molecule has 2 aromatic rings. The predicted molar refractivity (Wildman–Crippen MR) is 116 cm³/mol. The lowest BCUT2D eigenvalue weighted by Gasteiger charge is -2.31. The molecule has 1 aliphatic heterocycles. The molecule has 4 rings (SSSR count). The molecule has 0 aromatic heterocycles. The number of carbonyl (C=O) groups is 2. The number of nitrogens with zero attached hydrogens (tertiary/aromatic N) is 1. The van der Waals surface area contributed by atoms with E-state index >= 15 is 0 Å². The lowest BCUT2D eigenvalue weighted by Crippen LogP contribution is -2.41. The first-order valence-corrected chi connectivity index (χ1v) is 10.9. The highest BCUT2D eigenvalue weighted by Crippen LogP contribution is 2.42. The van der Waals surface area contributed by atoms with Crippen molar-refractivity contribution in [1.29, 1.82) is 0 Å². The first-order valence-electron chi connectivity index (χ1n) is 10.9. The topological polar surface area (TPSA) is 65.1 Å². The van der Waals surface area contributed by atoms with E-state index in [9.17, 15) is 14.0 Å². The summed E-state index contributed by atoms with van der Waals surface area (Å²) in [7, 11) is 3.18. The summed E-state index contributed by atoms with van der Waals surface area (Å²) in [6, 6.07) is 9.86. The monoisotopic (exact) mass is 441 g/mol. The maximum atomic E-state index is 13.4. The fourth-order valence-corrected chi connectivity index (χ4v) is 4.81. The van der Waals surface area contributed by atoms with Gasteiger partial charge in [-0.05, 0) is 60.2 Å². The van der Waals surface area contributed by atoms with Crippen LogP contribution in [0.3, 0.4) is 0 Å². The molecular weight excluding hydrogens is 413 g/mol. The standard InChI is InChI=1S/C25H28FNO5/c1-30-21-13-17-9-12-27(15-18(17)14-22(21)31-2)23(28)16-32-24(29)25(10-3-4-11-25)19-5-7-20(26)8-6-19/h5-8,13-14H,3-4,9-12,15-16H2,1-2H3. The molecule has 2 aliphatic rings. The van der Waals surface area contributed by atoms with Crippen LogP contribution in [0.4, 0.5) is 4.39 Å². The second-order valence-corrected chi connectivity index (χ2v) is 8.41. The number of ether oxygens (including phenoxy) is 3. The van der Waals surface area contributed by atoms with Crippen LogP contribution in [0.2, 0.25) is 0 Å². The van der Waals surface area contributed by atoms with E-state index in [1.807, 2.05) is 12.1 Å². The van der Waals surface area contributed by atoms with Gasteiger partial charge in [0, 0.05) is 13.1 Å². The SMILES string of the molecule is COc1cc2c(cc1OC)CN(C(=O)COC(=O)C1(c3ccc(F)cc3)CCCC1)CC2. The Balaban J connectivity index is 1.42. The van der Waals surface area contributed by atoms with Crippen LogP contribution in [0.5, 0.6) is 11.5 Å². The molecule has 1 heterocycles. The van der Waals surface area contributed by atoms with Crippen LogP contribution in [-0.4, -0.2) is 44.1 Å². The average Bonchev–Trinajstić information content (AvgIpc) is 3.32. The number of amides is 1. The third kappa shape index (κ3) is 4.16. The number of methoxy groups -OCH3 is 2. The van der Waals surface area contributed by atoms with E-state index in [1.165, 1.54) is 12.1 Å². The summed E-state index contributed by atoms with van der Waals surface area (Å²) in [5.41, 5.74) is 2.06. The van der Waals surface area contributed by atoms with Crippen LogP contribution < -0.4 is 9.47 Å². The Morgan fingerprint density at radius 1 is 1.00 bits per heavy atom. The van der Waals surface area contributed by atoms with Gasteiger partial charge in [-0.2, -0.15) is 0 Å². The van der Waals surface area contributed by atoms with E-state index in [0.717, 1.165) is 29.5 Å². The van der Waals surface area contributed by atoms with Gasteiger partial charge in [-0.3, -0.25) is 9.59 Å². The lowest BCUT2D eigenvalue weighted by atomic mass is 9.79. The zero-order valence-corrected chi connectivity index (χ0v) is 18.5. The molecule has 1 fully saturated rings. The van der Waals surface area contributed by atoms with Gasteiger partial charge in [-0.25, -0.2) is 4.39 Å². The van der Waals surface area contributed by atoms with Gasteiger partial charge in [0.25, 0.3) is 5.91 Å². The fourth-order valence-electron chi connectivity index (χ4n) is 4.81. The average molecular weight is 441 g/mol. The van der Waals surface area contributed by atoms with Crippen LogP contribution in [0.15, 0.2) is 36.4 Å². The van der Waals surface area contributed by atoms with E-state index in [4.69, 9.17) is 14.2 Å². The number of carbonyl (C=O) groups excluding carboxylic acids is 2. The van der Waals surface area contributed by atoms with E-state index < -0.39 is 11.4 Å². The van der Waals surface area contributed by atoms with E-state index in [-0.39, 0.29) is 18.3 Å². The Morgan fingerprint density at radius 3 is 2.25 bits per heavy atom. The Bertz CT molecular complexity index is 998. The minimum absolute atomic E-state index is 0.231. The molecule has 0 spiro atoms. The van der Waals surface area contributed by atoms with Crippen LogP contribution in [-0.2, 0) is 32.7 Å². The van der Waals surface area contributed by atoms with Gasteiger partial charge in [0.2, 0.25) is 0 Å². The first kappa shape index (κ1) is 22.1. The largest absolute Gasteiger partial charge is 0.493 e. The molecule has 0 N–H and O–H groups in total. The number of rotatable bonds is 6. The van der Waals surface area contributed by atoms with Gasteiger partial charge < -0.3 is 19.1 Å². The quantitative estimate of drug-likeness (QED) is 0.639. The maximum Gasteiger partial charge on any atom is 0.317 e. The summed E-state index contributed by atoms with van der Waals surface area (Å²) in [6.45, 7) is 0.668. The van der Waals surface area contributed by atoms with Crippen molar-refractivity contribution in [3.8, 4) is 11.5 Å². The van der Waals surface area contributed by atoms with Gasteiger partial charge in [0.15, 0.2) is 18.1 Å². The smallest absolute Gasteiger partial charge is 0.317 e. The molecule has 2 aromatic carbocycles. The summed E-state index contributed by atoms with van der Waals surface area (Å²) < 4.78 is 29.6. The summed E-state index contributed by atoms with van der Waals surface area (Å²) in [5.74, 6) is 0.312. The maximum absolute atomic E-state index is 13.4. The Labute approximate surface area is 187 Å². The molecule has 170 valence electrons. The van der Waals surface area contributed by atoms with Crippen LogP contribution in [0, 0.1) is 5.82 Å². The van der Waals surface area contributed by atoms with Crippen LogP contribution >= 0.6 is 0 Å². The normalized spacial score (nSPS) is 16.9. The second-order valence-electron chi connectivity index (χ2n) is 8.41. The molecule has 0 radical (unpaired) electrons. The third-order valence-corrected chi connectivity index (χ3v) is 6.64. The van der Waals surface area contributed by atoms with Crippen molar-refractivity contribution < 1.29 is 28.2 Å². The number of halogens is 1. The van der Waals surface area contributed by atoms with Crippen molar-refractivity contribution in [1.82, 2.24) is 4.90 Å². The predicted octanol–water partition coefficient (Wildman–Crippen LogP) is 3.78. The van der Waals surface area contributed by atoms with E-state index in [2.05, 4.69) is 0 Å². The van der Waals surface area contributed by atoms with Gasteiger partial charge in [-0.15, -0.1) is 0 Å². The van der Waals surface area contributed by atoms with Gasteiger partial charge >= 0.3 is 5.97 Å². The Kier molecular flexibility index (Phi) is 6.35. The number of fused-ring (bicyclic) bond motifs is 1. The van der Waals surface area contributed by atoms with Gasteiger partial charge in [0.05, 0.1) is 19.6 Å². The molecule has 0 saturated heterocycles. The van der Waals surface area contributed by atoms with Crippen LogP contribution in [0.1, 0.15) is 42.4 Å². The van der Waals surface area contributed by atoms with Crippen molar-refractivity contribution in [2.45, 2.75) is 44.1 Å². The molecule has 7 heteroatoms. The van der Waals surface area contributed by atoms with Gasteiger partial charge in [0.1, 0.15) is 5.82 Å². The Hall–Kier alpha value is -3.09. The van der Waals surface area contributed by atoms with Crippen molar-refractivity contribution >= 4 is 11.9 Å². The van der Waals surface area contributed by atoms with E-state index in [0.29, 0.717) is 43.9 Å². The highest BCUT2D eigenvalue weighted by molar-refractivity contribution is 5.87. The number of benzene rings is 2. The highest BCUT2D eigenvalue weighted by Gasteiger charge is 2.44. The van der Waals surface area contributed by atoms with E-state index in [1.54, 1.807) is 31.3 Å². The van der Waals surface area contributed by atoms with Crippen molar-refractivity contribution in [3.05, 3.63) is 58.9 Å². The lowest BCUT2D eigenvalue weighted by molar-refractivity contribution is -0.157. The molecule has 0 unspecified atom stereocenters. The molecule has 0 atom stereocenters. The highest BCUT2D eigenvalue weighted by atomic mass is 19.1. The summed E-state index contributed by atoms with van der Waals surface area (Å²) >= 11 is 0. The molecule has 0 bridgehead atoms. The van der Waals surface area contributed by atoms with Crippen LogP contribution in [0.25, 0.3) is 0 Å². The molecule has 1 saturated carbocycles. The number of hydrogen-bond donors (Lipinski definition) is 0. The molecule has 32 heavy (non-hydrogen) atoms. The third-order valence-electron chi connectivity index (χ3n) is 6.64. The van der Waals surface area contributed by atoms with Crippen molar-refractivity contribution in [3.63, 3.8) is 0 Å². The van der Waals surface area contributed by atoms with Crippen molar-refractivity contribution in [2.24, 2.45) is 0 Å². The Morgan fingerprint density at radius 2 is 1.62 bits per heavy atom. The molecule has 1 amide bonds. The second kappa shape index (κ2) is 9.18. The summed E-state index contributed by atoms with van der Waals surface area (Å²) in [4.78, 5) is 27.6. The number of hydrogen-bond acceptors (Lipinski definition) is 5. The number of esters is 1. The molecular formula is C25H28FNO5. The minimum atomic E-state index is -0.799. The summed E-state index contributed by atoms with van der Waals surface area (Å²) in [5, 5.41) is 0. The van der Waals surface area contributed by atoms with Gasteiger partial charge in [-0.1, -0.05) is 25.0 Å².